The van der Waals surface area contributed by atoms with Gasteiger partial charge in [0.05, 0.1) is 16.5 Å². The van der Waals surface area contributed by atoms with Crippen LogP contribution in [0.1, 0.15) is 26.8 Å². The maximum absolute atomic E-state index is 12.3. The zero-order valence-electron chi connectivity index (χ0n) is 12.1. The predicted molar refractivity (Wildman–Crippen MR) is 85.8 cm³/mol. The molecule has 1 N–H and O–H groups in total. The van der Waals surface area contributed by atoms with Crippen LogP contribution in [0, 0.1) is 0 Å². The van der Waals surface area contributed by atoms with Crippen LogP contribution in [-0.2, 0) is 4.79 Å². The summed E-state index contributed by atoms with van der Waals surface area (Å²) in [5.74, 6) is 0.582. The Labute approximate surface area is 133 Å². The molecular weight excluding hydrogens is 308 g/mol. The summed E-state index contributed by atoms with van der Waals surface area (Å²) < 4.78 is 1.77. The van der Waals surface area contributed by atoms with Crippen molar-refractivity contribution >= 4 is 35.1 Å². The molecule has 0 aliphatic carbocycles. The third-order valence-corrected chi connectivity index (χ3v) is 4.33. The number of nitrogens with one attached hydrogen (secondary N) is 1. The molecule has 0 aliphatic rings. The molecule has 0 bridgehead atoms. The molecule has 1 unspecified atom stereocenters. The fraction of sp³-hybridized carbons (Fsp3) is 0.357. The topological polar surface area (TPSA) is 59.8 Å². The van der Waals surface area contributed by atoms with Gasteiger partial charge in [-0.3, -0.25) is 4.79 Å². The second-order valence-electron chi connectivity index (χ2n) is 4.79. The predicted octanol–water partition coefficient (Wildman–Crippen LogP) is 3.63. The molecule has 0 aromatic carbocycles. The lowest BCUT2D eigenvalue weighted by atomic mass is 10.4. The van der Waals surface area contributed by atoms with Crippen molar-refractivity contribution in [1.29, 1.82) is 0 Å². The van der Waals surface area contributed by atoms with Crippen molar-refractivity contribution in [2.45, 2.75) is 37.1 Å². The maximum Gasteiger partial charge on any atom is 0.238 e. The van der Waals surface area contributed by atoms with Crippen LogP contribution < -0.4 is 5.32 Å². The van der Waals surface area contributed by atoms with Gasteiger partial charge in [0.25, 0.3) is 0 Å². The summed E-state index contributed by atoms with van der Waals surface area (Å²) >= 11 is 7.38. The molecule has 0 saturated carbocycles. The summed E-state index contributed by atoms with van der Waals surface area (Å²) in [6, 6.07) is 5.49. The largest absolute Gasteiger partial charge is 0.310 e. The number of thioether (sulfide) groups is 1. The Hall–Kier alpha value is -1.53. The highest BCUT2D eigenvalue weighted by atomic mass is 35.5. The Morgan fingerprint density at radius 3 is 2.76 bits per heavy atom. The summed E-state index contributed by atoms with van der Waals surface area (Å²) in [5.41, 5.74) is 0. The minimum atomic E-state index is -0.312. The molecule has 112 valence electrons. The molecular formula is C14H17ClN4OS. The average Bonchev–Trinajstić information content (AvgIpc) is 2.89. The molecule has 2 heterocycles. The van der Waals surface area contributed by atoms with E-state index in [9.17, 15) is 4.79 Å². The van der Waals surface area contributed by atoms with Crippen LogP contribution in [0.15, 0.2) is 35.6 Å². The number of anilines is 1. The van der Waals surface area contributed by atoms with E-state index in [0.717, 1.165) is 0 Å². The fourth-order valence-corrected chi connectivity index (χ4v) is 2.79. The highest BCUT2D eigenvalue weighted by Crippen LogP contribution is 2.28. The number of carbonyl (C=O) groups excluding carboxylic acids is 1. The van der Waals surface area contributed by atoms with Gasteiger partial charge in [-0.1, -0.05) is 23.4 Å². The Morgan fingerprint density at radius 1 is 1.33 bits per heavy atom. The number of hydrogen-bond donors (Lipinski definition) is 1. The third-order valence-electron chi connectivity index (χ3n) is 2.79. The number of pyridine rings is 1. The Kier molecular flexibility index (Phi) is 5.25. The average molecular weight is 325 g/mol. The number of halogens is 1. The molecule has 2 rings (SSSR count). The van der Waals surface area contributed by atoms with E-state index in [-0.39, 0.29) is 17.2 Å². The molecule has 2 aromatic heterocycles. The summed E-state index contributed by atoms with van der Waals surface area (Å²) in [6.07, 6.45) is 3.33. The SMILES string of the molecule is CC(Sc1ncccc1Cl)C(=O)Nc1ccnn1C(C)C. The third kappa shape index (κ3) is 3.98. The van der Waals surface area contributed by atoms with Crippen molar-refractivity contribution in [3.05, 3.63) is 35.6 Å². The molecule has 1 atom stereocenters. The zero-order chi connectivity index (χ0) is 15.4. The number of carbonyl (C=O) groups is 1. The van der Waals surface area contributed by atoms with E-state index in [2.05, 4.69) is 15.4 Å². The Morgan fingerprint density at radius 2 is 2.10 bits per heavy atom. The van der Waals surface area contributed by atoms with E-state index in [1.807, 2.05) is 20.8 Å². The normalized spacial score (nSPS) is 12.4. The van der Waals surface area contributed by atoms with Crippen LogP contribution >= 0.6 is 23.4 Å². The first-order valence-electron chi connectivity index (χ1n) is 6.60. The van der Waals surface area contributed by atoms with Gasteiger partial charge in [-0.25, -0.2) is 9.67 Å². The van der Waals surface area contributed by atoms with Crippen LogP contribution in [0.5, 0.6) is 0 Å². The first kappa shape index (κ1) is 15.9. The van der Waals surface area contributed by atoms with Crippen LogP contribution in [0.3, 0.4) is 0 Å². The van der Waals surface area contributed by atoms with Gasteiger partial charge in [-0.2, -0.15) is 5.10 Å². The molecule has 0 fully saturated rings. The number of hydrogen-bond acceptors (Lipinski definition) is 4. The smallest absolute Gasteiger partial charge is 0.238 e. The van der Waals surface area contributed by atoms with Crippen molar-refractivity contribution in [1.82, 2.24) is 14.8 Å². The molecule has 0 radical (unpaired) electrons. The summed E-state index contributed by atoms with van der Waals surface area (Å²) in [6.45, 7) is 5.84. The van der Waals surface area contributed by atoms with E-state index in [0.29, 0.717) is 15.9 Å². The van der Waals surface area contributed by atoms with Crippen molar-refractivity contribution in [2.24, 2.45) is 0 Å². The first-order chi connectivity index (χ1) is 9.99. The highest BCUT2D eigenvalue weighted by Gasteiger charge is 2.18. The molecule has 21 heavy (non-hydrogen) atoms. The van der Waals surface area contributed by atoms with Crippen LogP contribution in [0.4, 0.5) is 5.82 Å². The molecule has 1 amide bonds. The minimum absolute atomic E-state index is 0.107. The fourth-order valence-electron chi connectivity index (χ4n) is 1.73. The molecule has 2 aromatic rings. The number of amides is 1. The molecule has 0 aliphatic heterocycles. The minimum Gasteiger partial charge on any atom is -0.310 e. The van der Waals surface area contributed by atoms with Gasteiger partial charge in [0, 0.05) is 18.3 Å². The second-order valence-corrected chi connectivity index (χ2v) is 6.53. The van der Waals surface area contributed by atoms with Gasteiger partial charge < -0.3 is 5.32 Å². The maximum atomic E-state index is 12.3. The van der Waals surface area contributed by atoms with E-state index in [1.165, 1.54) is 11.8 Å². The first-order valence-corrected chi connectivity index (χ1v) is 7.86. The Bertz CT molecular complexity index is 629. The van der Waals surface area contributed by atoms with E-state index >= 15 is 0 Å². The van der Waals surface area contributed by atoms with Gasteiger partial charge in [0.1, 0.15) is 10.8 Å². The van der Waals surface area contributed by atoms with E-state index in [1.54, 1.807) is 35.3 Å². The van der Waals surface area contributed by atoms with Crippen molar-refractivity contribution in [3.8, 4) is 0 Å². The lowest BCUT2D eigenvalue weighted by Gasteiger charge is -2.15. The molecule has 0 spiro atoms. The van der Waals surface area contributed by atoms with Gasteiger partial charge in [-0.15, -0.1) is 0 Å². The van der Waals surface area contributed by atoms with E-state index in [4.69, 9.17) is 11.6 Å². The summed E-state index contributed by atoms with van der Waals surface area (Å²) in [4.78, 5) is 16.4. The van der Waals surface area contributed by atoms with Crippen molar-refractivity contribution < 1.29 is 4.79 Å². The quantitative estimate of drug-likeness (QED) is 0.853. The summed E-state index contributed by atoms with van der Waals surface area (Å²) in [5, 5.41) is 7.96. The molecule has 0 saturated heterocycles. The van der Waals surface area contributed by atoms with Crippen LogP contribution in [0.2, 0.25) is 5.02 Å². The monoisotopic (exact) mass is 324 g/mol. The van der Waals surface area contributed by atoms with E-state index < -0.39 is 0 Å². The molecule has 5 nitrogen and oxygen atoms in total. The zero-order valence-corrected chi connectivity index (χ0v) is 13.6. The number of rotatable bonds is 5. The standard InChI is InChI=1S/C14H17ClN4OS/c1-9(2)19-12(6-8-17-19)18-13(20)10(3)21-14-11(15)5-4-7-16-14/h4-10H,1-3H3,(H,18,20). The van der Waals surface area contributed by atoms with Crippen molar-refractivity contribution in [3.63, 3.8) is 0 Å². The highest BCUT2D eigenvalue weighted by molar-refractivity contribution is 8.00. The molecule has 7 heteroatoms. The van der Waals surface area contributed by atoms with Gasteiger partial charge in [-0.05, 0) is 32.9 Å². The lowest BCUT2D eigenvalue weighted by molar-refractivity contribution is -0.115. The van der Waals surface area contributed by atoms with Crippen LogP contribution in [0.25, 0.3) is 0 Å². The number of aromatic nitrogens is 3. The second kappa shape index (κ2) is 6.95. The lowest BCUT2D eigenvalue weighted by Crippen LogP contribution is -2.24. The summed E-state index contributed by atoms with van der Waals surface area (Å²) in [7, 11) is 0. The van der Waals surface area contributed by atoms with Gasteiger partial charge in [0.2, 0.25) is 5.91 Å². The van der Waals surface area contributed by atoms with Gasteiger partial charge >= 0.3 is 0 Å². The van der Waals surface area contributed by atoms with Crippen molar-refractivity contribution in [2.75, 3.05) is 5.32 Å². The van der Waals surface area contributed by atoms with Crippen LogP contribution in [-0.4, -0.2) is 25.9 Å². The number of nitrogens with zero attached hydrogens (tertiary/aromatic N) is 3. The van der Waals surface area contributed by atoms with Gasteiger partial charge in [0.15, 0.2) is 0 Å². The Balaban J connectivity index is 2.03.